The third kappa shape index (κ3) is 3.27. The van der Waals surface area contributed by atoms with E-state index in [1.807, 2.05) is 4.68 Å². The SMILES string of the molecule is Cc1cc2cc([C@H](c3nnnn3C3CCCC3)N3CCCC3)c(=O)[nH]c2cc1C. The van der Waals surface area contributed by atoms with Gasteiger partial charge in [-0.2, -0.15) is 0 Å². The van der Waals surface area contributed by atoms with Crippen LogP contribution >= 0.6 is 0 Å². The molecule has 29 heavy (non-hydrogen) atoms. The van der Waals surface area contributed by atoms with Crippen LogP contribution in [0.4, 0.5) is 0 Å². The highest BCUT2D eigenvalue weighted by atomic mass is 16.1. The van der Waals surface area contributed by atoms with Crippen molar-refractivity contribution in [3.63, 3.8) is 0 Å². The fraction of sp³-hybridized carbons (Fsp3) is 0.545. The molecule has 1 aliphatic heterocycles. The maximum Gasteiger partial charge on any atom is 0.253 e. The topological polar surface area (TPSA) is 79.7 Å². The van der Waals surface area contributed by atoms with E-state index in [9.17, 15) is 4.79 Å². The summed E-state index contributed by atoms with van der Waals surface area (Å²) >= 11 is 0. The predicted octanol–water partition coefficient (Wildman–Crippen LogP) is 3.43. The minimum atomic E-state index is -0.206. The van der Waals surface area contributed by atoms with Gasteiger partial charge in [-0.05, 0) is 97.8 Å². The molecule has 1 aliphatic carbocycles. The normalized spacial score (nSPS) is 19.4. The largest absolute Gasteiger partial charge is 0.322 e. The van der Waals surface area contributed by atoms with Crippen LogP contribution in [0.15, 0.2) is 23.0 Å². The molecule has 2 fully saturated rings. The van der Waals surface area contributed by atoms with Crippen LogP contribution < -0.4 is 5.56 Å². The molecule has 7 nitrogen and oxygen atoms in total. The summed E-state index contributed by atoms with van der Waals surface area (Å²) in [4.78, 5) is 18.7. The molecule has 0 radical (unpaired) electrons. The summed E-state index contributed by atoms with van der Waals surface area (Å²) in [6, 6.07) is 6.41. The number of rotatable bonds is 4. The molecule has 5 rings (SSSR count). The second kappa shape index (κ2) is 7.37. The van der Waals surface area contributed by atoms with Crippen molar-refractivity contribution in [3.8, 4) is 0 Å². The van der Waals surface area contributed by atoms with Gasteiger partial charge in [0.2, 0.25) is 0 Å². The van der Waals surface area contributed by atoms with Crippen LogP contribution in [0.3, 0.4) is 0 Å². The van der Waals surface area contributed by atoms with Crippen molar-refractivity contribution in [1.82, 2.24) is 30.1 Å². The number of nitrogens with one attached hydrogen (secondary N) is 1. The van der Waals surface area contributed by atoms with Crippen LogP contribution in [0, 0.1) is 13.8 Å². The standard InChI is InChI=1S/C22H28N6O/c1-14-11-16-13-18(22(29)23-19(16)12-15(14)2)20(27-9-5-6-10-27)21-24-25-26-28(21)17-7-3-4-8-17/h11-13,17,20H,3-10H2,1-2H3,(H,23,29)/t20-/m1/s1. The molecule has 1 N–H and O–H groups in total. The van der Waals surface area contributed by atoms with E-state index in [0.29, 0.717) is 6.04 Å². The first-order valence-corrected chi connectivity index (χ1v) is 10.8. The smallest absolute Gasteiger partial charge is 0.253 e. The van der Waals surface area contributed by atoms with E-state index in [-0.39, 0.29) is 11.6 Å². The Morgan fingerprint density at radius 1 is 1.03 bits per heavy atom. The molecular weight excluding hydrogens is 364 g/mol. The maximum atomic E-state index is 13.2. The van der Waals surface area contributed by atoms with E-state index in [0.717, 1.165) is 61.1 Å². The van der Waals surface area contributed by atoms with Gasteiger partial charge in [-0.3, -0.25) is 9.69 Å². The third-order valence-electron chi connectivity index (χ3n) is 6.72. The number of likely N-dealkylation sites (tertiary alicyclic amines) is 1. The lowest BCUT2D eigenvalue weighted by atomic mass is 10.0. The first kappa shape index (κ1) is 18.5. The van der Waals surface area contributed by atoms with Crippen molar-refractivity contribution < 1.29 is 0 Å². The average Bonchev–Trinajstić information content (AvgIpc) is 3.46. The monoisotopic (exact) mass is 392 g/mol. The minimum Gasteiger partial charge on any atom is -0.322 e. The van der Waals surface area contributed by atoms with E-state index in [1.54, 1.807) is 0 Å². The quantitative estimate of drug-likeness (QED) is 0.736. The van der Waals surface area contributed by atoms with Crippen molar-refractivity contribution in [1.29, 1.82) is 0 Å². The lowest BCUT2D eigenvalue weighted by molar-refractivity contribution is 0.256. The second-order valence-electron chi connectivity index (χ2n) is 8.64. The highest BCUT2D eigenvalue weighted by Crippen LogP contribution is 2.35. The van der Waals surface area contributed by atoms with Crippen LogP contribution in [-0.4, -0.2) is 43.2 Å². The summed E-state index contributed by atoms with van der Waals surface area (Å²) < 4.78 is 2.00. The van der Waals surface area contributed by atoms with Crippen molar-refractivity contribution in [2.45, 2.75) is 64.5 Å². The Morgan fingerprint density at radius 3 is 2.52 bits per heavy atom. The van der Waals surface area contributed by atoms with Crippen molar-refractivity contribution in [2.75, 3.05) is 13.1 Å². The number of H-pyrrole nitrogens is 1. The van der Waals surface area contributed by atoms with Crippen molar-refractivity contribution >= 4 is 10.9 Å². The Hall–Kier alpha value is -2.54. The van der Waals surface area contributed by atoms with Crippen LogP contribution in [0.1, 0.15) is 73.1 Å². The number of hydrogen-bond acceptors (Lipinski definition) is 5. The summed E-state index contributed by atoms with van der Waals surface area (Å²) in [6.45, 7) is 6.11. The lowest BCUT2D eigenvalue weighted by Crippen LogP contribution is -2.34. The van der Waals surface area contributed by atoms with Gasteiger partial charge in [0.05, 0.1) is 6.04 Å². The molecule has 152 valence electrons. The first-order valence-electron chi connectivity index (χ1n) is 10.8. The number of benzene rings is 1. The molecule has 1 aromatic carbocycles. The van der Waals surface area contributed by atoms with Gasteiger partial charge in [0, 0.05) is 11.1 Å². The highest BCUT2D eigenvalue weighted by Gasteiger charge is 2.34. The van der Waals surface area contributed by atoms with Gasteiger partial charge in [-0.15, -0.1) is 5.10 Å². The summed E-state index contributed by atoms with van der Waals surface area (Å²) in [5.41, 5.74) is 4.00. The van der Waals surface area contributed by atoms with Crippen LogP contribution in [0.2, 0.25) is 0 Å². The number of aryl methyl sites for hydroxylation is 2. The summed E-state index contributed by atoms with van der Waals surface area (Å²) in [7, 11) is 0. The Bertz CT molecular complexity index is 1090. The van der Waals surface area contributed by atoms with Gasteiger partial charge in [0.25, 0.3) is 5.56 Å². The molecular formula is C22H28N6O. The Morgan fingerprint density at radius 2 is 1.76 bits per heavy atom. The van der Waals surface area contributed by atoms with E-state index < -0.39 is 0 Å². The zero-order chi connectivity index (χ0) is 20.0. The minimum absolute atomic E-state index is 0.0429. The zero-order valence-electron chi connectivity index (χ0n) is 17.2. The van der Waals surface area contributed by atoms with Crippen LogP contribution in [-0.2, 0) is 0 Å². The summed E-state index contributed by atoms with van der Waals surface area (Å²) in [5, 5.41) is 13.9. The fourth-order valence-electron chi connectivity index (χ4n) is 4.99. The summed E-state index contributed by atoms with van der Waals surface area (Å²) in [5.74, 6) is 0.812. The molecule has 0 bridgehead atoms. The number of aromatic amines is 1. The number of fused-ring (bicyclic) bond motifs is 1. The molecule has 0 spiro atoms. The molecule has 3 aromatic rings. The summed E-state index contributed by atoms with van der Waals surface area (Å²) in [6.07, 6.45) is 6.94. The van der Waals surface area contributed by atoms with Crippen molar-refractivity contribution in [3.05, 3.63) is 51.1 Å². The highest BCUT2D eigenvalue weighted by molar-refractivity contribution is 5.81. The molecule has 3 heterocycles. The third-order valence-corrected chi connectivity index (χ3v) is 6.72. The van der Waals surface area contributed by atoms with Gasteiger partial charge >= 0.3 is 0 Å². The Labute approximate surface area is 170 Å². The lowest BCUT2D eigenvalue weighted by Gasteiger charge is -2.27. The van der Waals surface area contributed by atoms with E-state index in [4.69, 9.17) is 0 Å². The van der Waals surface area contributed by atoms with Crippen LogP contribution in [0.5, 0.6) is 0 Å². The molecule has 1 atom stereocenters. The van der Waals surface area contributed by atoms with E-state index >= 15 is 0 Å². The Kier molecular flexibility index (Phi) is 4.70. The number of tetrazole rings is 1. The molecule has 0 amide bonds. The molecule has 1 saturated carbocycles. The number of aromatic nitrogens is 5. The van der Waals surface area contributed by atoms with Gasteiger partial charge in [-0.1, -0.05) is 12.8 Å². The molecule has 2 aromatic heterocycles. The number of hydrogen-bond donors (Lipinski definition) is 1. The van der Waals surface area contributed by atoms with Gasteiger partial charge in [0.15, 0.2) is 5.82 Å². The molecule has 1 saturated heterocycles. The predicted molar refractivity (Wildman–Crippen MR) is 112 cm³/mol. The zero-order valence-corrected chi connectivity index (χ0v) is 17.2. The van der Waals surface area contributed by atoms with Gasteiger partial charge in [0.1, 0.15) is 6.04 Å². The van der Waals surface area contributed by atoms with Gasteiger partial charge in [-0.25, -0.2) is 4.68 Å². The molecule has 0 unspecified atom stereocenters. The van der Waals surface area contributed by atoms with E-state index in [2.05, 4.69) is 57.5 Å². The second-order valence-corrected chi connectivity index (χ2v) is 8.64. The fourth-order valence-corrected chi connectivity index (χ4v) is 4.99. The van der Waals surface area contributed by atoms with Crippen molar-refractivity contribution in [2.24, 2.45) is 0 Å². The first-order chi connectivity index (χ1) is 14.1. The number of nitrogens with zero attached hydrogens (tertiary/aromatic N) is 5. The van der Waals surface area contributed by atoms with Crippen LogP contribution in [0.25, 0.3) is 10.9 Å². The number of pyridine rings is 1. The van der Waals surface area contributed by atoms with E-state index in [1.165, 1.54) is 24.0 Å². The van der Waals surface area contributed by atoms with Gasteiger partial charge < -0.3 is 4.98 Å². The Balaban J connectivity index is 1.66. The average molecular weight is 393 g/mol. The molecule has 2 aliphatic rings. The maximum absolute atomic E-state index is 13.2. The molecule has 7 heteroatoms.